The Bertz CT molecular complexity index is 739. The molecule has 0 atom stereocenters. The summed E-state index contributed by atoms with van der Waals surface area (Å²) in [6.07, 6.45) is 9.14. The molecular weight excluding hydrogens is 455 g/mol. The number of unbranched alkanes of at least 4 members (excludes halogenated alkanes) is 7. The second-order valence-corrected chi connectivity index (χ2v) is 7.76. The van der Waals surface area contributed by atoms with Crippen LogP contribution in [0.4, 0.5) is 9.59 Å². The average molecular weight is 483 g/mol. The van der Waals surface area contributed by atoms with Gasteiger partial charge in [0.15, 0.2) is 0 Å². The van der Waals surface area contributed by atoms with Crippen molar-refractivity contribution in [3.8, 4) is 23.0 Å². The summed E-state index contributed by atoms with van der Waals surface area (Å²) >= 11 is 10.3. The fourth-order valence-corrected chi connectivity index (χ4v) is 3.22. The number of halogens is 2. The van der Waals surface area contributed by atoms with Gasteiger partial charge in [0.1, 0.15) is 23.0 Å². The Labute approximate surface area is 198 Å². The molecule has 2 aromatic carbocycles. The molecule has 0 bridgehead atoms. The fraction of sp³-hybridized carbons (Fsp3) is 0.417. The maximum Gasteiger partial charge on any atom is 0.409 e. The van der Waals surface area contributed by atoms with Gasteiger partial charge in [-0.25, -0.2) is 9.59 Å². The first-order chi connectivity index (χ1) is 15.5. The largest absolute Gasteiger partial charge is 0.494 e. The molecule has 0 heterocycles. The molecular formula is C24H28Cl2O6. The molecule has 2 aromatic rings. The molecule has 0 N–H and O–H groups in total. The van der Waals surface area contributed by atoms with Crippen LogP contribution in [0.5, 0.6) is 23.0 Å². The van der Waals surface area contributed by atoms with Crippen LogP contribution < -0.4 is 18.9 Å². The molecule has 0 fully saturated rings. The lowest BCUT2D eigenvalue weighted by Crippen LogP contribution is -1.99. The van der Waals surface area contributed by atoms with Crippen molar-refractivity contribution < 1.29 is 28.5 Å². The van der Waals surface area contributed by atoms with Gasteiger partial charge in [0.25, 0.3) is 0 Å². The summed E-state index contributed by atoms with van der Waals surface area (Å²) in [6, 6.07) is 13.6. The maximum atomic E-state index is 10.7. The van der Waals surface area contributed by atoms with E-state index < -0.39 is 10.9 Å². The van der Waals surface area contributed by atoms with Gasteiger partial charge in [-0.3, -0.25) is 0 Å². The van der Waals surface area contributed by atoms with Crippen molar-refractivity contribution in [2.24, 2.45) is 0 Å². The molecule has 0 unspecified atom stereocenters. The Hall–Kier alpha value is -2.44. The topological polar surface area (TPSA) is 71.1 Å². The smallest absolute Gasteiger partial charge is 0.409 e. The lowest BCUT2D eigenvalue weighted by atomic mass is 10.1. The zero-order valence-corrected chi connectivity index (χ0v) is 19.4. The number of rotatable bonds is 15. The lowest BCUT2D eigenvalue weighted by molar-refractivity contribution is 0.224. The van der Waals surface area contributed by atoms with Crippen LogP contribution in [0.25, 0.3) is 0 Å². The van der Waals surface area contributed by atoms with Crippen LogP contribution in [0.3, 0.4) is 0 Å². The van der Waals surface area contributed by atoms with E-state index >= 15 is 0 Å². The van der Waals surface area contributed by atoms with Gasteiger partial charge in [0, 0.05) is 23.2 Å². The highest BCUT2D eigenvalue weighted by atomic mass is 35.5. The first-order valence-corrected chi connectivity index (χ1v) is 11.5. The van der Waals surface area contributed by atoms with Gasteiger partial charge in [0.2, 0.25) is 0 Å². The van der Waals surface area contributed by atoms with Gasteiger partial charge in [-0.05, 0) is 61.4 Å². The quantitative estimate of drug-likeness (QED) is 0.191. The van der Waals surface area contributed by atoms with Gasteiger partial charge in [-0.2, -0.15) is 0 Å². The molecule has 0 saturated heterocycles. The zero-order valence-electron chi connectivity index (χ0n) is 17.9. The van der Waals surface area contributed by atoms with E-state index in [1.165, 1.54) is 25.7 Å². The predicted octanol–water partition coefficient (Wildman–Crippen LogP) is 7.74. The zero-order chi connectivity index (χ0) is 23.0. The summed E-state index contributed by atoms with van der Waals surface area (Å²) in [5.74, 6) is 2.29. The van der Waals surface area contributed by atoms with Gasteiger partial charge in [0.05, 0.1) is 13.2 Å². The Morgan fingerprint density at radius 1 is 0.500 bits per heavy atom. The number of hydrogen-bond donors (Lipinski definition) is 0. The SMILES string of the molecule is O=C(Cl)Oc1ccc(OCCCCCCCCCCOc2ccc(OC(=O)Cl)cc2)cc1. The number of carbonyl (C=O) groups excluding carboxylic acids is 2. The van der Waals surface area contributed by atoms with Gasteiger partial charge in [-0.1, -0.05) is 38.5 Å². The van der Waals surface area contributed by atoms with Crippen molar-refractivity contribution >= 4 is 34.1 Å². The molecule has 6 nitrogen and oxygen atoms in total. The third-order valence-electron chi connectivity index (χ3n) is 4.62. The number of hydrogen-bond acceptors (Lipinski definition) is 6. The molecule has 0 saturated carbocycles. The summed E-state index contributed by atoms with van der Waals surface area (Å²) in [5, 5.41) is 0. The van der Waals surface area contributed by atoms with Gasteiger partial charge < -0.3 is 18.9 Å². The van der Waals surface area contributed by atoms with Crippen molar-refractivity contribution in [3.05, 3.63) is 48.5 Å². The molecule has 0 aliphatic rings. The van der Waals surface area contributed by atoms with E-state index in [2.05, 4.69) is 0 Å². The minimum atomic E-state index is -0.854. The van der Waals surface area contributed by atoms with Crippen molar-refractivity contribution in [2.75, 3.05) is 13.2 Å². The standard InChI is InChI=1S/C24H28Cl2O6/c25-23(27)31-21-13-9-19(10-14-21)29-17-7-5-3-1-2-4-6-8-18-30-20-11-15-22(16-12-20)32-24(26)28/h9-16H,1-8,17-18H2. The van der Waals surface area contributed by atoms with Gasteiger partial charge >= 0.3 is 10.9 Å². The fourth-order valence-electron chi connectivity index (χ4n) is 3.04. The van der Waals surface area contributed by atoms with Crippen molar-refractivity contribution in [3.63, 3.8) is 0 Å². The van der Waals surface area contributed by atoms with Crippen LogP contribution in [0.1, 0.15) is 51.4 Å². The van der Waals surface area contributed by atoms with E-state index in [0.29, 0.717) is 24.7 Å². The molecule has 0 radical (unpaired) electrons. The molecule has 174 valence electrons. The predicted molar refractivity (Wildman–Crippen MR) is 125 cm³/mol. The third-order valence-corrected chi connectivity index (χ3v) is 4.77. The molecule has 0 aliphatic carbocycles. The Morgan fingerprint density at radius 3 is 1.09 bits per heavy atom. The Balaban J connectivity index is 1.39. The van der Waals surface area contributed by atoms with Crippen molar-refractivity contribution in [2.45, 2.75) is 51.4 Å². The van der Waals surface area contributed by atoms with E-state index in [1.54, 1.807) is 48.5 Å². The molecule has 0 amide bonds. The van der Waals surface area contributed by atoms with Crippen LogP contribution >= 0.6 is 23.2 Å². The highest BCUT2D eigenvalue weighted by Crippen LogP contribution is 2.20. The molecule has 0 aromatic heterocycles. The monoisotopic (exact) mass is 482 g/mol. The summed E-state index contributed by atoms with van der Waals surface area (Å²) in [7, 11) is 0. The maximum absolute atomic E-state index is 10.7. The number of carbonyl (C=O) groups is 2. The van der Waals surface area contributed by atoms with Crippen molar-refractivity contribution in [1.82, 2.24) is 0 Å². The van der Waals surface area contributed by atoms with Crippen LogP contribution in [0, 0.1) is 0 Å². The van der Waals surface area contributed by atoms with E-state index in [9.17, 15) is 9.59 Å². The van der Waals surface area contributed by atoms with E-state index in [-0.39, 0.29) is 0 Å². The van der Waals surface area contributed by atoms with Crippen LogP contribution in [0.2, 0.25) is 0 Å². The van der Waals surface area contributed by atoms with Gasteiger partial charge in [-0.15, -0.1) is 0 Å². The Kier molecular flexibility index (Phi) is 12.4. The summed E-state index contributed by atoms with van der Waals surface area (Å²) in [5.41, 5.74) is -1.71. The number of benzene rings is 2. The Morgan fingerprint density at radius 2 is 0.781 bits per heavy atom. The average Bonchev–Trinajstić information content (AvgIpc) is 2.76. The normalized spacial score (nSPS) is 10.4. The van der Waals surface area contributed by atoms with Crippen LogP contribution in [-0.4, -0.2) is 24.1 Å². The third kappa shape index (κ3) is 11.8. The second kappa shape index (κ2) is 15.4. The minimum absolute atomic E-state index is 0.398. The van der Waals surface area contributed by atoms with E-state index in [4.69, 9.17) is 42.1 Å². The van der Waals surface area contributed by atoms with E-state index in [0.717, 1.165) is 37.2 Å². The minimum Gasteiger partial charge on any atom is -0.494 e. The lowest BCUT2D eigenvalue weighted by Gasteiger charge is -2.08. The van der Waals surface area contributed by atoms with Crippen LogP contribution in [-0.2, 0) is 0 Å². The highest BCUT2D eigenvalue weighted by molar-refractivity contribution is 6.61. The summed E-state index contributed by atoms with van der Waals surface area (Å²) in [4.78, 5) is 21.3. The van der Waals surface area contributed by atoms with E-state index in [1.807, 2.05) is 0 Å². The second-order valence-electron chi connectivity index (χ2n) is 7.15. The molecule has 0 spiro atoms. The first kappa shape index (κ1) is 25.8. The molecule has 2 rings (SSSR count). The summed E-state index contributed by atoms with van der Waals surface area (Å²) in [6.45, 7) is 1.34. The molecule has 32 heavy (non-hydrogen) atoms. The highest BCUT2D eigenvalue weighted by Gasteiger charge is 2.02. The number of ether oxygens (including phenoxy) is 4. The summed E-state index contributed by atoms with van der Waals surface area (Å²) < 4.78 is 20.9. The molecule has 0 aliphatic heterocycles. The van der Waals surface area contributed by atoms with Crippen molar-refractivity contribution in [1.29, 1.82) is 0 Å². The van der Waals surface area contributed by atoms with Crippen LogP contribution in [0.15, 0.2) is 48.5 Å². The first-order valence-electron chi connectivity index (χ1n) is 10.7. The molecule has 8 heteroatoms.